The number of carbonyl (C=O) groups excluding carboxylic acids is 3. The number of halogens is 1. The molecule has 7 N–H and O–H groups in total. The molecular formula is C24H32ClN9O4. The molecule has 2 aromatic heterocycles. The summed E-state index contributed by atoms with van der Waals surface area (Å²) in [6.07, 6.45) is 0.0150. The van der Waals surface area contributed by atoms with Crippen molar-refractivity contribution in [2.45, 2.75) is 52.8 Å². The average Bonchev–Trinajstić information content (AvgIpc) is 3.20. The summed E-state index contributed by atoms with van der Waals surface area (Å²) in [6.45, 7) is 8.51. The van der Waals surface area contributed by atoms with Gasteiger partial charge in [0.05, 0.1) is 23.1 Å². The van der Waals surface area contributed by atoms with Crippen LogP contribution in [0.15, 0.2) is 18.2 Å². The van der Waals surface area contributed by atoms with Crippen molar-refractivity contribution >= 4 is 52.2 Å². The lowest BCUT2D eigenvalue weighted by Gasteiger charge is -2.19. The lowest BCUT2D eigenvalue weighted by Crippen LogP contribution is -2.34. The van der Waals surface area contributed by atoms with Crippen LogP contribution in [0, 0.1) is 0 Å². The first-order chi connectivity index (χ1) is 17.9. The summed E-state index contributed by atoms with van der Waals surface area (Å²) in [5, 5.41) is 8.11. The summed E-state index contributed by atoms with van der Waals surface area (Å²) in [4.78, 5) is 49.7. The zero-order valence-electron chi connectivity index (χ0n) is 21.7. The Morgan fingerprint density at radius 2 is 1.71 bits per heavy atom. The Balaban J connectivity index is 1.67. The van der Waals surface area contributed by atoms with Crippen molar-refractivity contribution < 1.29 is 19.1 Å². The second kappa shape index (κ2) is 11.9. The van der Waals surface area contributed by atoms with Crippen LogP contribution in [0.2, 0.25) is 5.15 Å². The van der Waals surface area contributed by atoms with Crippen LogP contribution in [-0.2, 0) is 17.8 Å². The quantitative estimate of drug-likeness (QED) is 0.251. The number of nitrogens with two attached hydrogens (primary N) is 2. The molecule has 0 fully saturated rings. The summed E-state index contributed by atoms with van der Waals surface area (Å²) in [6, 6.07) is 5.24. The smallest absolute Gasteiger partial charge is 0.407 e. The third-order valence-corrected chi connectivity index (χ3v) is 5.52. The number of ether oxygens (including phenoxy) is 1. The summed E-state index contributed by atoms with van der Waals surface area (Å²) >= 11 is 5.87. The Kier molecular flexibility index (Phi) is 8.94. The molecule has 204 valence electrons. The zero-order chi connectivity index (χ0) is 28.0. The molecule has 0 saturated carbocycles. The van der Waals surface area contributed by atoms with E-state index in [4.69, 9.17) is 27.8 Å². The molecule has 3 aromatic rings. The number of nitrogens with zero attached hydrogens (tertiary/aromatic N) is 4. The minimum Gasteiger partial charge on any atom is -0.444 e. The minimum absolute atomic E-state index is 0.0435. The van der Waals surface area contributed by atoms with E-state index in [0.717, 1.165) is 0 Å². The SMILES string of the molecule is CCn1c(CNC(=O)c2nc(Cl)c(N)nc2N)nc2cccc(C(=O)NCCCNC(=O)OC(C)(C)C)c21. The monoisotopic (exact) mass is 545 g/mol. The zero-order valence-corrected chi connectivity index (χ0v) is 22.5. The van der Waals surface area contributed by atoms with Crippen LogP contribution in [0.5, 0.6) is 0 Å². The number of amides is 3. The lowest BCUT2D eigenvalue weighted by molar-refractivity contribution is 0.0527. The van der Waals surface area contributed by atoms with E-state index in [2.05, 4.69) is 30.9 Å². The Morgan fingerprint density at radius 3 is 2.39 bits per heavy atom. The number of para-hydroxylation sites is 1. The van der Waals surface area contributed by atoms with Crippen molar-refractivity contribution in [3.8, 4) is 0 Å². The van der Waals surface area contributed by atoms with Crippen molar-refractivity contribution in [3.05, 3.63) is 40.4 Å². The van der Waals surface area contributed by atoms with Gasteiger partial charge in [-0.05, 0) is 46.2 Å². The summed E-state index contributed by atoms with van der Waals surface area (Å²) in [5.74, 6) is -0.555. The standard InChI is InChI=1S/C24H32ClN9O4/c1-5-34-15(12-30-22(36)16-19(26)33-20(27)18(25)32-16)31-14-9-6-8-13(17(14)34)21(35)28-10-7-11-29-23(37)38-24(2,3)4/h6,8-9H,5,7,10-12H2,1-4H3,(H,28,35)(H,29,37)(H,30,36)(H4,26,27,33). The second-order valence-electron chi connectivity index (χ2n) is 9.30. The number of hydrogen-bond donors (Lipinski definition) is 5. The van der Waals surface area contributed by atoms with Gasteiger partial charge in [0, 0.05) is 19.6 Å². The van der Waals surface area contributed by atoms with Crippen molar-refractivity contribution in [1.82, 2.24) is 35.5 Å². The van der Waals surface area contributed by atoms with Gasteiger partial charge >= 0.3 is 6.09 Å². The Hall–Kier alpha value is -4.13. The number of fused-ring (bicyclic) bond motifs is 1. The van der Waals surface area contributed by atoms with Crippen LogP contribution in [-0.4, -0.2) is 56.1 Å². The number of imidazole rings is 1. The number of rotatable bonds is 9. The fourth-order valence-electron chi connectivity index (χ4n) is 3.63. The van der Waals surface area contributed by atoms with Gasteiger partial charge in [-0.15, -0.1) is 0 Å². The Labute approximate surface area is 224 Å². The Morgan fingerprint density at radius 1 is 1.00 bits per heavy atom. The van der Waals surface area contributed by atoms with E-state index in [1.54, 1.807) is 39.0 Å². The average molecular weight is 546 g/mol. The molecule has 0 radical (unpaired) electrons. The number of alkyl carbamates (subject to hydrolysis) is 1. The molecule has 0 bridgehead atoms. The highest BCUT2D eigenvalue weighted by Gasteiger charge is 2.20. The van der Waals surface area contributed by atoms with E-state index in [9.17, 15) is 14.4 Å². The highest BCUT2D eigenvalue weighted by molar-refractivity contribution is 6.31. The fraction of sp³-hybridized carbons (Fsp3) is 0.417. The van der Waals surface area contributed by atoms with Gasteiger partial charge in [-0.1, -0.05) is 17.7 Å². The van der Waals surface area contributed by atoms with E-state index >= 15 is 0 Å². The van der Waals surface area contributed by atoms with Gasteiger partial charge in [-0.25, -0.2) is 19.7 Å². The van der Waals surface area contributed by atoms with Crippen LogP contribution in [0.4, 0.5) is 16.4 Å². The molecular weight excluding hydrogens is 514 g/mol. The molecule has 0 aliphatic heterocycles. The van der Waals surface area contributed by atoms with E-state index in [1.165, 1.54) is 0 Å². The second-order valence-corrected chi connectivity index (χ2v) is 9.66. The van der Waals surface area contributed by atoms with Crippen LogP contribution >= 0.6 is 11.6 Å². The lowest BCUT2D eigenvalue weighted by atomic mass is 10.1. The first-order valence-electron chi connectivity index (χ1n) is 12.0. The van der Waals surface area contributed by atoms with Crippen LogP contribution in [0.3, 0.4) is 0 Å². The first-order valence-corrected chi connectivity index (χ1v) is 12.4. The van der Waals surface area contributed by atoms with Gasteiger partial charge in [0.2, 0.25) is 0 Å². The summed E-state index contributed by atoms with van der Waals surface area (Å²) in [5.41, 5.74) is 12.3. The number of aromatic nitrogens is 4. The van der Waals surface area contributed by atoms with Gasteiger partial charge in [0.1, 0.15) is 11.4 Å². The van der Waals surface area contributed by atoms with E-state index < -0.39 is 17.6 Å². The molecule has 0 saturated heterocycles. The Bertz CT molecular complexity index is 1350. The van der Waals surface area contributed by atoms with Crippen molar-refractivity contribution in [2.75, 3.05) is 24.6 Å². The predicted molar refractivity (Wildman–Crippen MR) is 144 cm³/mol. The molecule has 0 spiro atoms. The first kappa shape index (κ1) is 28.4. The highest BCUT2D eigenvalue weighted by Crippen LogP contribution is 2.22. The normalized spacial score (nSPS) is 11.3. The molecule has 0 unspecified atom stereocenters. The number of hydrogen-bond acceptors (Lipinski definition) is 9. The number of nitrogen functional groups attached to an aromatic ring is 2. The minimum atomic E-state index is -0.593. The molecule has 0 aliphatic carbocycles. The predicted octanol–water partition coefficient (Wildman–Crippen LogP) is 2.24. The van der Waals surface area contributed by atoms with Crippen molar-refractivity contribution in [3.63, 3.8) is 0 Å². The van der Waals surface area contributed by atoms with Crippen LogP contribution < -0.4 is 27.4 Å². The maximum atomic E-state index is 13.0. The molecule has 1 aromatic carbocycles. The third-order valence-electron chi connectivity index (χ3n) is 5.24. The van der Waals surface area contributed by atoms with Gasteiger partial charge in [-0.3, -0.25) is 9.59 Å². The maximum absolute atomic E-state index is 13.0. The highest BCUT2D eigenvalue weighted by atomic mass is 35.5. The molecule has 2 heterocycles. The van der Waals surface area contributed by atoms with E-state index in [-0.39, 0.29) is 34.9 Å². The van der Waals surface area contributed by atoms with Gasteiger partial charge < -0.3 is 36.7 Å². The molecule has 38 heavy (non-hydrogen) atoms. The molecule has 0 atom stereocenters. The third kappa shape index (κ3) is 7.00. The summed E-state index contributed by atoms with van der Waals surface area (Å²) in [7, 11) is 0. The summed E-state index contributed by atoms with van der Waals surface area (Å²) < 4.78 is 7.04. The number of benzene rings is 1. The molecule has 13 nitrogen and oxygen atoms in total. The maximum Gasteiger partial charge on any atom is 0.407 e. The number of carbonyl (C=O) groups is 3. The van der Waals surface area contributed by atoms with E-state index in [0.29, 0.717) is 48.5 Å². The fourth-order valence-corrected chi connectivity index (χ4v) is 3.76. The topological polar surface area (TPSA) is 192 Å². The molecule has 0 aliphatic rings. The largest absolute Gasteiger partial charge is 0.444 e. The van der Waals surface area contributed by atoms with Gasteiger partial charge in [-0.2, -0.15) is 0 Å². The number of anilines is 2. The van der Waals surface area contributed by atoms with Crippen LogP contribution in [0.25, 0.3) is 11.0 Å². The number of nitrogens with one attached hydrogen (secondary N) is 3. The van der Waals surface area contributed by atoms with Crippen LogP contribution in [0.1, 0.15) is 60.8 Å². The van der Waals surface area contributed by atoms with Gasteiger partial charge in [0.15, 0.2) is 22.5 Å². The van der Waals surface area contributed by atoms with Gasteiger partial charge in [0.25, 0.3) is 11.8 Å². The molecule has 14 heteroatoms. The number of aryl methyl sites for hydroxylation is 1. The van der Waals surface area contributed by atoms with E-state index in [1.807, 2.05) is 11.5 Å². The molecule has 3 amide bonds. The van der Waals surface area contributed by atoms with Crippen molar-refractivity contribution in [1.29, 1.82) is 0 Å². The molecule has 3 rings (SSSR count). The van der Waals surface area contributed by atoms with Crippen molar-refractivity contribution in [2.24, 2.45) is 0 Å².